The molecule has 0 unspecified atom stereocenters. The molecule has 1 aliphatic heterocycles. The number of amides is 1. The number of hydrogen-bond donors (Lipinski definition) is 2. The summed E-state index contributed by atoms with van der Waals surface area (Å²) in [5, 5.41) is 7.12. The fraction of sp³-hybridized carbons (Fsp3) is 0.333. The number of anilines is 1. The molecule has 0 aliphatic carbocycles. The quantitative estimate of drug-likeness (QED) is 0.812. The van der Waals surface area contributed by atoms with Crippen molar-refractivity contribution in [3.8, 4) is 0 Å². The fourth-order valence-electron chi connectivity index (χ4n) is 1.85. The van der Waals surface area contributed by atoms with Crippen molar-refractivity contribution >= 4 is 27.6 Å². The molecule has 0 aromatic heterocycles. The van der Waals surface area contributed by atoms with Gasteiger partial charge in [-0.2, -0.15) is 13.2 Å². The zero-order chi connectivity index (χ0) is 18.0. The van der Waals surface area contributed by atoms with Crippen molar-refractivity contribution in [2.75, 3.05) is 17.1 Å². The number of primary amides is 1. The van der Waals surface area contributed by atoms with Gasteiger partial charge in [-0.05, 0) is 24.1 Å². The van der Waals surface area contributed by atoms with Crippen LogP contribution in [-0.2, 0) is 21.2 Å². The summed E-state index contributed by atoms with van der Waals surface area (Å²) in [5.74, 6) is -3.31. The van der Waals surface area contributed by atoms with Crippen LogP contribution in [0.2, 0.25) is 0 Å². The molecule has 0 bridgehead atoms. The lowest BCUT2D eigenvalue weighted by molar-refractivity contribution is -0.192. The topological polar surface area (TPSA) is 118 Å². The van der Waals surface area contributed by atoms with Gasteiger partial charge >= 0.3 is 12.1 Å². The van der Waals surface area contributed by atoms with E-state index in [1.165, 1.54) is 10.4 Å². The lowest BCUT2D eigenvalue weighted by Crippen LogP contribution is -2.27. The van der Waals surface area contributed by atoms with E-state index in [1.807, 2.05) is 0 Å². The molecule has 1 aliphatic rings. The van der Waals surface area contributed by atoms with Gasteiger partial charge in [0, 0.05) is 12.1 Å². The van der Waals surface area contributed by atoms with Crippen molar-refractivity contribution in [2.24, 2.45) is 5.73 Å². The average Bonchev–Trinajstić information content (AvgIpc) is 2.80. The maximum absolute atomic E-state index is 11.5. The van der Waals surface area contributed by atoms with E-state index in [0.717, 1.165) is 11.8 Å². The molecule has 1 heterocycles. The maximum atomic E-state index is 11.5. The summed E-state index contributed by atoms with van der Waals surface area (Å²) in [5.41, 5.74) is 6.98. The Kier molecular flexibility index (Phi) is 5.25. The maximum Gasteiger partial charge on any atom is 0.490 e. The zero-order valence-electron chi connectivity index (χ0n) is 11.8. The summed E-state index contributed by atoms with van der Waals surface area (Å²) in [7, 11) is -3.28. The largest absolute Gasteiger partial charge is 0.490 e. The molecule has 128 valence electrons. The molecule has 1 aromatic rings. The van der Waals surface area contributed by atoms with Crippen LogP contribution in [0.1, 0.15) is 15.9 Å². The Hall–Kier alpha value is -2.30. The molecule has 3 N–H and O–H groups in total. The first-order chi connectivity index (χ1) is 10.3. The highest BCUT2D eigenvalue weighted by molar-refractivity contribution is 7.92. The van der Waals surface area contributed by atoms with Gasteiger partial charge in [0.15, 0.2) is 0 Å². The second kappa shape index (κ2) is 6.44. The number of hydrogen-bond acceptors (Lipinski definition) is 4. The molecule has 7 nitrogen and oxygen atoms in total. The average molecular weight is 354 g/mol. The van der Waals surface area contributed by atoms with Gasteiger partial charge in [-0.25, -0.2) is 13.2 Å². The summed E-state index contributed by atoms with van der Waals surface area (Å²) < 4.78 is 56.0. The third-order valence-corrected chi connectivity index (χ3v) is 4.05. The Morgan fingerprint density at radius 1 is 1.30 bits per heavy atom. The van der Waals surface area contributed by atoms with E-state index >= 15 is 0 Å². The van der Waals surface area contributed by atoms with Gasteiger partial charge in [-0.3, -0.25) is 9.10 Å². The second-order valence-corrected chi connectivity index (χ2v) is 6.50. The van der Waals surface area contributed by atoms with Crippen LogP contribution in [0.4, 0.5) is 18.9 Å². The highest BCUT2D eigenvalue weighted by Crippen LogP contribution is 2.30. The van der Waals surface area contributed by atoms with E-state index in [4.69, 9.17) is 15.6 Å². The van der Waals surface area contributed by atoms with Crippen LogP contribution in [0.3, 0.4) is 0 Å². The van der Waals surface area contributed by atoms with Crippen molar-refractivity contribution in [3.05, 3.63) is 29.3 Å². The van der Waals surface area contributed by atoms with Crippen LogP contribution in [0.15, 0.2) is 18.2 Å². The van der Waals surface area contributed by atoms with E-state index < -0.39 is 28.1 Å². The van der Waals surface area contributed by atoms with Gasteiger partial charge in [0.1, 0.15) is 0 Å². The molecule has 0 spiro atoms. The van der Waals surface area contributed by atoms with Crippen molar-refractivity contribution in [3.63, 3.8) is 0 Å². The van der Waals surface area contributed by atoms with Gasteiger partial charge < -0.3 is 10.8 Å². The third kappa shape index (κ3) is 4.84. The molecule has 0 saturated carbocycles. The van der Waals surface area contributed by atoms with Crippen LogP contribution >= 0.6 is 0 Å². The molecule has 0 atom stereocenters. The lowest BCUT2D eigenvalue weighted by atomic mass is 10.1. The molecule has 0 fully saturated rings. The molecule has 11 heteroatoms. The summed E-state index contributed by atoms with van der Waals surface area (Å²) in [6.07, 6.45) is -3.26. The number of nitrogens with two attached hydrogens (primary N) is 1. The monoisotopic (exact) mass is 354 g/mol. The van der Waals surface area contributed by atoms with Crippen molar-refractivity contribution in [1.29, 1.82) is 0 Å². The van der Waals surface area contributed by atoms with Gasteiger partial charge in [-0.15, -0.1) is 0 Å². The number of fused-ring (bicyclic) bond motifs is 1. The summed E-state index contributed by atoms with van der Waals surface area (Å²) in [6.45, 7) is 0.427. The Morgan fingerprint density at radius 2 is 1.83 bits per heavy atom. The highest BCUT2D eigenvalue weighted by atomic mass is 32.2. The Bertz CT molecular complexity index is 731. The van der Waals surface area contributed by atoms with Gasteiger partial charge in [0.2, 0.25) is 15.9 Å². The lowest BCUT2D eigenvalue weighted by Gasteiger charge is -2.16. The summed E-state index contributed by atoms with van der Waals surface area (Å²) in [4.78, 5) is 19.9. The number of sulfonamides is 1. The predicted molar refractivity (Wildman–Crippen MR) is 74.5 cm³/mol. The Morgan fingerprint density at radius 3 is 2.22 bits per heavy atom. The molecule has 2 rings (SSSR count). The Labute approximate surface area is 129 Å². The van der Waals surface area contributed by atoms with E-state index in [2.05, 4.69) is 0 Å². The number of carbonyl (C=O) groups is 2. The minimum Gasteiger partial charge on any atom is -0.475 e. The first-order valence-corrected chi connectivity index (χ1v) is 7.89. The number of nitrogens with zero attached hydrogens (tertiary/aromatic N) is 1. The molecule has 1 aromatic carbocycles. The Balaban J connectivity index is 0.000000322. The third-order valence-electron chi connectivity index (χ3n) is 2.87. The number of carboxylic acid groups (broad SMARTS) is 1. The van der Waals surface area contributed by atoms with Gasteiger partial charge in [0.25, 0.3) is 0 Å². The predicted octanol–water partition coefficient (Wildman–Crippen LogP) is 0.741. The van der Waals surface area contributed by atoms with Crippen LogP contribution in [0.5, 0.6) is 0 Å². The van der Waals surface area contributed by atoms with Crippen molar-refractivity contribution < 1.29 is 36.3 Å². The highest BCUT2D eigenvalue weighted by Gasteiger charge is 2.38. The minimum absolute atomic E-state index is 0.328. The van der Waals surface area contributed by atoms with E-state index in [-0.39, 0.29) is 0 Å². The first kappa shape index (κ1) is 18.7. The smallest absolute Gasteiger partial charge is 0.475 e. The van der Waals surface area contributed by atoms with E-state index in [9.17, 15) is 26.4 Å². The SMILES string of the molecule is CS(=O)(=O)N1CCc2ccc(C(N)=O)cc21.O=C(O)C(F)(F)F. The van der Waals surface area contributed by atoms with Crippen LogP contribution in [-0.4, -0.2) is 44.4 Å². The number of halogens is 3. The van der Waals surface area contributed by atoms with E-state index in [0.29, 0.717) is 24.2 Å². The first-order valence-electron chi connectivity index (χ1n) is 6.04. The minimum atomic E-state index is -5.08. The van der Waals surface area contributed by atoms with E-state index in [1.54, 1.807) is 12.1 Å². The van der Waals surface area contributed by atoms with Gasteiger partial charge in [0.05, 0.1) is 11.9 Å². The fourth-order valence-corrected chi connectivity index (χ4v) is 2.80. The number of rotatable bonds is 2. The normalized spacial score (nSPS) is 13.8. The van der Waals surface area contributed by atoms with Crippen molar-refractivity contribution in [1.82, 2.24) is 0 Å². The van der Waals surface area contributed by atoms with Crippen LogP contribution < -0.4 is 10.0 Å². The van der Waals surface area contributed by atoms with Crippen LogP contribution in [0.25, 0.3) is 0 Å². The molecule has 0 saturated heterocycles. The number of carboxylic acids is 1. The number of carbonyl (C=O) groups excluding carboxylic acids is 1. The molecule has 0 radical (unpaired) electrons. The number of aliphatic carboxylic acids is 1. The second-order valence-electron chi connectivity index (χ2n) is 4.60. The zero-order valence-corrected chi connectivity index (χ0v) is 12.6. The van der Waals surface area contributed by atoms with Gasteiger partial charge in [-0.1, -0.05) is 6.07 Å². The summed E-state index contributed by atoms with van der Waals surface area (Å²) in [6, 6.07) is 4.90. The van der Waals surface area contributed by atoms with Crippen LogP contribution in [0, 0.1) is 0 Å². The number of alkyl halides is 3. The van der Waals surface area contributed by atoms with Crippen molar-refractivity contribution in [2.45, 2.75) is 12.6 Å². The standard InChI is InChI=1S/C10H12N2O3S.C2HF3O2/c1-16(14,15)12-5-4-7-2-3-8(10(11)13)6-9(7)12;3-2(4,5)1(6)7/h2-3,6H,4-5H2,1H3,(H2,11,13);(H,6,7). The molecule has 23 heavy (non-hydrogen) atoms. The molecular weight excluding hydrogens is 341 g/mol. The molecule has 1 amide bonds. The molecular formula is C12H13F3N2O5S. The number of benzene rings is 1. The summed E-state index contributed by atoms with van der Waals surface area (Å²) >= 11 is 0.